The van der Waals surface area contributed by atoms with Crippen molar-refractivity contribution in [3.8, 4) is 0 Å². The zero-order valence-electron chi connectivity index (χ0n) is 7.62. The normalized spacial score (nSPS) is 19.8. The molecule has 72 valence electrons. The zero-order valence-corrected chi connectivity index (χ0v) is 8.43. The predicted molar refractivity (Wildman–Crippen MR) is 51.5 cm³/mol. The Balaban J connectivity index is 2.12. The Labute approximate surface area is 81.3 Å². The van der Waals surface area contributed by atoms with Crippen molar-refractivity contribution in [3.05, 3.63) is 11.7 Å². The van der Waals surface area contributed by atoms with Crippen molar-refractivity contribution in [2.75, 3.05) is 11.5 Å². The maximum Gasteiger partial charge on any atom is 0.226 e. The van der Waals surface area contributed by atoms with Gasteiger partial charge < -0.3 is 10.3 Å². The molecule has 2 N–H and O–H groups in total. The van der Waals surface area contributed by atoms with Crippen LogP contribution < -0.4 is 5.73 Å². The van der Waals surface area contributed by atoms with Crippen LogP contribution in [0.15, 0.2) is 4.52 Å². The van der Waals surface area contributed by atoms with E-state index in [4.69, 9.17) is 10.3 Å². The molecule has 5 heteroatoms. The summed E-state index contributed by atoms with van der Waals surface area (Å²) >= 11 is 1.81. The number of hydrogen-bond acceptors (Lipinski definition) is 5. The number of nitrogens with two attached hydrogens (primary N) is 1. The van der Waals surface area contributed by atoms with E-state index >= 15 is 0 Å². The Kier molecular flexibility index (Phi) is 2.29. The van der Waals surface area contributed by atoms with Crippen LogP contribution in [0.5, 0.6) is 0 Å². The summed E-state index contributed by atoms with van der Waals surface area (Å²) in [5.41, 5.74) is 5.71. The SMILES string of the molecule is CCCc1nc(C2(N)CSC2)no1. The van der Waals surface area contributed by atoms with Crippen LogP contribution in [-0.4, -0.2) is 21.6 Å². The van der Waals surface area contributed by atoms with Crippen LogP contribution in [0.2, 0.25) is 0 Å². The lowest BCUT2D eigenvalue weighted by atomic mass is 10.1. The van der Waals surface area contributed by atoms with Gasteiger partial charge in [0, 0.05) is 17.9 Å². The van der Waals surface area contributed by atoms with Crippen LogP contribution in [0.1, 0.15) is 25.1 Å². The number of thioether (sulfide) groups is 1. The number of hydrogen-bond donors (Lipinski definition) is 1. The first kappa shape index (κ1) is 9.02. The Bertz CT molecular complexity index is 295. The summed E-state index contributed by atoms with van der Waals surface area (Å²) in [7, 11) is 0. The number of nitrogens with zero attached hydrogens (tertiary/aromatic N) is 2. The Morgan fingerprint density at radius 2 is 2.38 bits per heavy atom. The number of aryl methyl sites for hydroxylation is 1. The van der Waals surface area contributed by atoms with Crippen molar-refractivity contribution in [1.82, 2.24) is 10.1 Å². The molecule has 1 aromatic rings. The number of aromatic nitrogens is 2. The van der Waals surface area contributed by atoms with Gasteiger partial charge in [0.05, 0.1) is 5.54 Å². The molecule has 0 saturated carbocycles. The molecule has 2 rings (SSSR count). The van der Waals surface area contributed by atoms with E-state index in [1.165, 1.54) is 0 Å². The van der Waals surface area contributed by atoms with Crippen LogP contribution in [0.25, 0.3) is 0 Å². The van der Waals surface area contributed by atoms with E-state index in [0.717, 1.165) is 24.3 Å². The van der Waals surface area contributed by atoms with Crippen LogP contribution in [0, 0.1) is 0 Å². The van der Waals surface area contributed by atoms with Gasteiger partial charge in [-0.1, -0.05) is 12.1 Å². The molecule has 1 aliphatic heterocycles. The second kappa shape index (κ2) is 3.31. The average Bonchev–Trinajstić information content (AvgIpc) is 2.50. The van der Waals surface area contributed by atoms with E-state index in [9.17, 15) is 0 Å². The molecule has 0 unspecified atom stereocenters. The molecular formula is C8H13N3OS. The zero-order chi connectivity index (χ0) is 9.31. The fourth-order valence-corrected chi connectivity index (χ4v) is 2.13. The second-order valence-corrected chi connectivity index (χ2v) is 4.40. The molecule has 0 atom stereocenters. The predicted octanol–water partition coefficient (Wildman–Crippen LogP) is 0.923. The van der Waals surface area contributed by atoms with Gasteiger partial charge in [-0.05, 0) is 6.42 Å². The summed E-state index contributed by atoms with van der Waals surface area (Å²) in [6, 6.07) is 0. The first-order chi connectivity index (χ1) is 6.24. The third kappa shape index (κ3) is 1.58. The molecule has 0 radical (unpaired) electrons. The van der Waals surface area contributed by atoms with Crippen molar-refractivity contribution < 1.29 is 4.52 Å². The van der Waals surface area contributed by atoms with Gasteiger partial charge >= 0.3 is 0 Å². The minimum Gasteiger partial charge on any atom is -0.339 e. The van der Waals surface area contributed by atoms with Crippen molar-refractivity contribution in [2.45, 2.75) is 25.3 Å². The van der Waals surface area contributed by atoms with E-state index < -0.39 is 0 Å². The van der Waals surface area contributed by atoms with Crippen molar-refractivity contribution in [1.29, 1.82) is 0 Å². The molecular weight excluding hydrogens is 186 g/mol. The summed E-state index contributed by atoms with van der Waals surface area (Å²) < 4.78 is 5.08. The summed E-state index contributed by atoms with van der Waals surface area (Å²) in [4.78, 5) is 4.28. The van der Waals surface area contributed by atoms with Crippen LogP contribution in [-0.2, 0) is 12.0 Å². The van der Waals surface area contributed by atoms with Crippen LogP contribution in [0.4, 0.5) is 0 Å². The maximum absolute atomic E-state index is 6.03. The summed E-state index contributed by atoms with van der Waals surface area (Å²) in [6.45, 7) is 2.08. The van der Waals surface area contributed by atoms with Gasteiger partial charge in [-0.2, -0.15) is 16.7 Å². The highest BCUT2D eigenvalue weighted by molar-refractivity contribution is 8.00. The minimum absolute atomic E-state index is 0.319. The average molecular weight is 199 g/mol. The van der Waals surface area contributed by atoms with Crippen LogP contribution >= 0.6 is 11.8 Å². The minimum atomic E-state index is -0.319. The fraction of sp³-hybridized carbons (Fsp3) is 0.750. The first-order valence-electron chi connectivity index (χ1n) is 4.44. The third-order valence-electron chi connectivity index (χ3n) is 2.10. The molecule has 0 bridgehead atoms. The standard InChI is InChI=1S/C8H13N3OS/c1-2-3-6-10-7(11-12-6)8(9)4-13-5-8/h2-5,9H2,1H3. The van der Waals surface area contributed by atoms with Crippen molar-refractivity contribution in [2.24, 2.45) is 5.73 Å². The molecule has 2 heterocycles. The topological polar surface area (TPSA) is 64.9 Å². The monoisotopic (exact) mass is 199 g/mol. The molecule has 1 aliphatic rings. The van der Waals surface area contributed by atoms with E-state index in [-0.39, 0.29) is 5.54 Å². The molecule has 1 aromatic heterocycles. The highest BCUT2D eigenvalue weighted by Gasteiger charge is 2.39. The van der Waals surface area contributed by atoms with E-state index in [1.807, 2.05) is 11.8 Å². The van der Waals surface area contributed by atoms with Crippen LogP contribution in [0.3, 0.4) is 0 Å². The van der Waals surface area contributed by atoms with Gasteiger partial charge in [0.15, 0.2) is 5.82 Å². The molecule has 1 fully saturated rings. The van der Waals surface area contributed by atoms with Crippen molar-refractivity contribution >= 4 is 11.8 Å². The Morgan fingerprint density at radius 3 is 2.92 bits per heavy atom. The lowest BCUT2D eigenvalue weighted by Crippen LogP contribution is -2.49. The van der Waals surface area contributed by atoms with Crippen molar-refractivity contribution in [3.63, 3.8) is 0 Å². The summed E-state index contributed by atoms with van der Waals surface area (Å²) in [5.74, 6) is 3.19. The largest absolute Gasteiger partial charge is 0.339 e. The van der Waals surface area contributed by atoms with E-state index in [1.54, 1.807) is 0 Å². The molecule has 0 aliphatic carbocycles. The fourth-order valence-electron chi connectivity index (χ4n) is 1.22. The lowest BCUT2D eigenvalue weighted by Gasteiger charge is -2.33. The third-order valence-corrected chi connectivity index (χ3v) is 3.54. The molecule has 4 nitrogen and oxygen atoms in total. The first-order valence-corrected chi connectivity index (χ1v) is 5.60. The van der Waals surface area contributed by atoms with Gasteiger partial charge in [0.25, 0.3) is 0 Å². The number of rotatable bonds is 3. The van der Waals surface area contributed by atoms with E-state index in [0.29, 0.717) is 11.7 Å². The highest BCUT2D eigenvalue weighted by Crippen LogP contribution is 2.34. The molecule has 0 spiro atoms. The lowest BCUT2D eigenvalue weighted by molar-refractivity contribution is 0.359. The molecule has 0 aromatic carbocycles. The Morgan fingerprint density at radius 1 is 1.62 bits per heavy atom. The summed E-state index contributed by atoms with van der Waals surface area (Å²) in [6.07, 6.45) is 1.87. The van der Waals surface area contributed by atoms with Gasteiger partial charge in [-0.25, -0.2) is 0 Å². The van der Waals surface area contributed by atoms with Gasteiger partial charge in [0.1, 0.15) is 0 Å². The van der Waals surface area contributed by atoms with E-state index in [2.05, 4.69) is 17.1 Å². The van der Waals surface area contributed by atoms with Gasteiger partial charge in [-0.3, -0.25) is 0 Å². The molecule has 0 amide bonds. The van der Waals surface area contributed by atoms with Gasteiger partial charge in [-0.15, -0.1) is 0 Å². The maximum atomic E-state index is 6.03. The second-order valence-electron chi connectivity index (χ2n) is 3.41. The summed E-state index contributed by atoms with van der Waals surface area (Å²) in [5, 5.41) is 3.90. The Hall–Kier alpha value is -0.550. The quantitative estimate of drug-likeness (QED) is 0.784. The van der Waals surface area contributed by atoms with Gasteiger partial charge in [0.2, 0.25) is 5.89 Å². The highest BCUT2D eigenvalue weighted by atomic mass is 32.2. The molecule has 1 saturated heterocycles. The molecule has 13 heavy (non-hydrogen) atoms. The smallest absolute Gasteiger partial charge is 0.226 e.